The van der Waals surface area contributed by atoms with E-state index in [9.17, 15) is 9.59 Å². The molecule has 0 saturated carbocycles. The van der Waals surface area contributed by atoms with Crippen molar-refractivity contribution in [2.24, 2.45) is 0 Å². The lowest BCUT2D eigenvalue weighted by molar-refractivity contribution is -0.133. The smallest absolute Gasteiger partial charge is 0.318 e. The van der Waals surface area contributed by atoms with Crippen molar-refractivity contribution in [3.8, 4) is 0 Å². The Morgan fingerprint density at radius 3 is 2.34 bits per heavy atom. The van der Waals surface area contributed by atoms with Gasteiger partial charge in [0.1, 0.15) is 6.54 Å². The molecule has 0 aliphatic heterocycles. The summed E-state index contributed by atoms with van der Waals surface area (Å²) in [6.07, 6.45) is 0. The van der Waals surface area contributed by atoms with E-state index >= 15 is 0 Å². The van der Waals surface area contributed by atoms with Gasteiger partial charge in [0.05, 0.1) is 13.2 Å². The van der Waals surface area contributed by atoms with E-state index in [1.54, 1.807) is 23.3 Å². The molecule has 0 bridgehead atoms. The number of ether oxygens (including phenoxy) is 1. The normalized spacial score (nSPS) is 11.2. The number of amides is 3. The highest BCUT2D eigenvalue weighted by Gasteiger charge is 2.24. The number of thiophene rings is 1. The van der Waals surface area contributed by atoms with Gasteiger partial charge in [-0.15, -0.1) is 11.3 Å². The summed E-state index contributed by atoms with van der Waals surface area (Å²) in [6, 6.07) is 13.6. The summed E-state index contributed by atoms with van der Waals surface area (Å²) < 4.78 is 5.13. The fourth-order valence-electron chi connectivity index (χ4n) is 2.74. The molecule has 7 heteroatoms. The van der Waals surface area contributed by atoms with Crippen molar-refractivity contribution in [3.63, 3.8) is 0 Å². The third kappa shape index (κ3) is 8.25. The highest BCUT2D eigenvalue weighted by Crippen LogP contribution is 2.15. The molecule has 0 spiro atoms. The Morgan fingerprint density at radius 2 is 1.76 bits per heavy atom. The van der Waals surface area contributed by atoms with E-state index < -0.39 is 0 Å². The Kier molecular flexibility index (Phi) is 8.67. The van der Waals surface area contributed by atoms with Gasteiger partial charge in [-0.1, -0.05) is 36.4 Å². The van der Waals surface area contributed by atoms with Gasteiger partial charge in [0, 0.05) is 30.6 Å². The molecule has 29 heavy (non-hydrogen) atoms. The molecule has 2 rings (SSSR count). The minimum Gasteiger partial charge on any atom is -0.383 e. The second kappa shape index (κ2) is 11.0. The number of carbonyl (C=O) groups excluding carboxylic acids is 2. The Balaban J connectivity index is 2.14. The van der Waals surface area contributed by atoms with Crippen molar-refractivity contribution < 1.29 is 14.3 Å². The van der Waals surface area contributed by atoms with Gasteiger partial charge in [0.25, 0.3) is 0 Å². The molecule has 0 saturated heterocycles. The molecule has 2 aromatic rings. The zero-order valence-corrected chi connectivity index (χ0v) is 18.5. The third-order valence-electron chi connectivity index (χ3n) is 4.16. The van der Waals surface area contributed by atoms with Crippen LogP contribution >= 0.6 is 11.3 Å². The summed E-state index contributed by atoms with van der Waals surface area (Å²) in [5.74, 6) is -0.0950. The predicted molar refractivity (Wildman–Crippen MR) is 117 cm³/mol. The van der Waals surface area contributed by atoms with E-state index in [2.05, 4.69) is 5.32 Å². The molecule has 0 atom stereocenters. The van der Waals surface area contributed by atoms with Crippen molar-refractivity contribution in [2.45, 2.75) is 39.4 Å². The minimum absolute atomic E-state index is 0.00345. The van der Waals surface area contributed by atoms with Gasteiger partial charge in [0.2, 0.25) is 5.91 Å². The molecule has 3 amide bonds. The topological polar surface area (TPSA) is 61.9 Å². The van der Waals surface area contributed by atoms with E-state index in [0.29, 0.717) is 26.2 Å². The van der Waals surface area contributed by atoms with Gasteiger partial charge >= 0.3 is 6.03 Å². The molecule has 1 N–H and O–H groups in total. The maximum atomic E-state index is 13.2. The number of methoxy groups -OCH3 is 1. The van der Waals surface area contributed by atoms with Crippen molar-refractivity contribution in [3.05, 3.63) is 58.3 Å². The maximum absolute atomic E-state index is 13.2. The first-order valence-electron chi connectivity index (χ1n) is 9.68. The van der Waals surface area contributed by atoms with Crippen LogP contribution in [0.2, 0.25) is 0 Å². The lowest BCUT2D eigenvalue weighted by atomic mass is 10.1. The zero-order valence-electron chi connectivity index (χ0n) is 17.7. The van der Waals surface area contributed by atoms with Gasteiger partial charge in [-0.3, -0.25) is 4.79 Å². The zero-order chi connectivity index (χ0) is 21.3. The van der Waals surface area contributed by atoms with Gasteiger partial charge in [-0.25, -0.2) is 4.79 Å². The first-order valence-corrected chi connectivity index (χ1v) is 10.6. The minimum atomic E-state index is -0.383. The molecule has 6 nitrogen and oxygen atoms in total. The number of nitrogens with one attached hydrogen (secondary N) is 1. The highest BCUT2D eigenvalue weighted by atomic mass is 32.1. The standard InChI is InChI=1S/C22H31N3O3S/c1-22(2,3)23-21(27)24(12-13-28-4)17-20(26)25(16-19-11-8-14-29-19)15-18-9-6-5-7-10-18/h5-11,14H,12-13,15-17H2,1-4H3,(H,23,27). The fourth-order valence-corrected chi connectivity index (χ4v) is 3.46. The van der Waals surface area contributed by atoms with Crippen LogP contribution in [-0.2, 0) is 22.6 Å². The number of hydrogen-bond donors (Lipinski definition) is 1. The first-order chi connectivity index (χ1) is 13.8. The van der Waals surface area contributed by atoms with Gasteiger partial charge in [-0.05, 0) is 37.8 Å². The number of nitrogens with zero attached hydrogens (tertiary/aromatic N) is 2. The van der Waals surface area contributed by atoms with E-state index in [1.807, 2.05) is 68.6 Å². The van der Waals surface area contributed by atoms with Gasteiger partial charge in [-0.2, -0.15) is 0 Å². The average molecular weight is 418 g/mol. The lowest BCUT2D eigenvalue weighted by Gasteiger charge is -2.30. The number of carbonyl (C=O) groups is 2. The van der Waals surface area contributed by atoms with Gasteiger partial charge in [0.15, 0.2) is 0 Å². The van der Waals surface area contributed by atoms with Crippen molar-refractivity contribution in [1.29, 1.82) is 0 Å². The fraction of sp³-hybridized carbons (Fsp3) is 0.455. The van der Waals surface area contributed by atoms with Gasteiger partial charge < -0.3 is 19.9 Å². The average Bonchev–Trinajstić information content (AvgIpc) is 3.17. The summed E-state index contributed by atoms with van der Waals surface area (Å²) in [5, 5.41) is 4.93. The van der Waals surface area contributed by atoms with Crippen LogP contribution in [0.25, 0.3) is 0 Å². The quantitative estimate of drug-likeness (QED) is 0.676. The first kappa shape index (κ1) is 22.9. The van der Waals surface area contributed by atoms with Crippen LogP contribution < -0.4 is 5.32 Å². The van der Waals surface area contributed by atoms with Crippen LogP contribution in [0.15, 0.2) is 47.8 Å². The molecule has 158 valence electrons. The molecule has 1 aromatic carbocycles. The number of rotatable bonds is 9. The second-order valence-corrected chi connectivity index (χ2v) is 8.94. The predicted octanol–water partition coefficient (Wildman–Crippen LogP) is 3.73. The molecule has 0 aliphatic rings. The summed E-state index contributed by atoms with van der Waals surface area (Å²) >= 11 is 1.62. The molecular weight excluding hydrogens is 386 g/mol. The summed E-state index contributed by atoms with van der Waals surface area (Å²) in [4.78, 5) is 30.3. The Bertz CT molecular complexity index is 757. The number of benzene rings is 1. The van der Waals surface area contributed by atoms with E-state index in [-0.39, 0.29) is 24.0 Å². The molecule has 1 heterocycles. The van der Waals surface area contributed by atoms with Crippen LogP contribution in [0.5, 0.6) is 0 Å². The van der Waals surface area contributed by atoms with E-state index in [4.69, 9.17) is 4.74 Å². The highest BCUT2D eigenvalue weighted by molar-refractivity contribution is 7.09. The molecule has 0 radical (unpaired) electrons. The third-order valence-corrected chi connectivity index (χ3v) is 5.02. The van der Waals surface area contributed by atoms with Crippen molar-refractivity contribution >= 4 is 23.3 Å². The van der Waals surface area contributed by atoms with E-state index in [0.717, 1.165) is 10.4 Å². The Labute approximate surface area is 177 Å². The Hall–Kier alpha value is -2.38. The van der Waals surface area contributed by atoms with E-state index in [1.165, 1.54) is 4.90 Å². The SMILES string of the molecule is COCCN(CC(=O)N(Cc1ccccc1)Cc1cccs1)C(=O)NC(C)(C)C. The van der Waals surface area contributed by atoms with Crippen LogP contribution in [0.1, 0.15) is 31.2 Å². The molecule has 1 aromatic heterocycles. The van der Waals surface area contributed by atoms with Crippen LogP contribution in [0.4, 0.5) is 4.79 Å². The van der Waals surface area contributed by atoms with Crippen LogP contribution in [0, 0.1) is 0 Å². The molecule has 0 unspecified atom stereocenters. The van der Waals surface area contributed by atoms with Crippen LogP contribution in [0.3, 0.4) is 0 Å². The monoisotopic (exact) mass is 417 g/mol. The number of hydrogen-bond acceptors (Lipinski definition) is 4. The largest absolute Gasteiger partial charge is 0.383 e. The van der Waals surface area contributed by atoms with Crippen molar-refractivity contribution in [2.75, 3.05) is 26.8 Å². The lowest BCUT2D eigenvalue weighted by Crippen LogP contribution is -2.52. The second-order valence-electron chi connectivity index (χ2n) is 7.91. The maximum Gasteiger partial charge on any atom is 0.318 e. The number of urea groups is 1. The van der Waals surface area contributed by atoms with Crippen molar-refractivity contribution in [1.82, 2.24) is 15.1 Å². The Morgan fingerprint density at radius 1 is 1.03 bits per heavy atom. The summed E-state index contributed by atoms with van der Waals surface area (Å²) in [5.41, 5.74) is 0.673. The summed E-state index contributed by atoms with van der Waals surface area (Å²) in [7, 11) is 1.58. The molecule has 0 fully saturated rings. The molecular formula is C22H31N3O3S. The molecule has 0 aliphatic carbocycles. The van der Waals surface area contributed by atoms with Crippen LogP contribution in [-0.4, -0.2) is 54.1 Å². The summed E-state index contributed by atoms with van der Waals surface area (Å²) in [6.45, 7) is 7.49.